The van der Waals surface area contributed by atoms with Gasteiger partial charge in [-0.1, -0.05) is 30.5 Å². The third kappa shape index (κ3) is 3.61. The van der Waals surface area contributed by atoms with E-state index in [1.54, 1.807) is 19.2 Å². The predicted octanol–water partition coefficient (Wildman–Crippen LogP) is 2.91. The lowest BCUT2D eigenvalue weighted by molar-refractivity contribution is -0.131. The first-order valence-corrected chi connectivity index (χ1v) is 11.8. The smallest absolute Gasteiger partial charge is 0.311 e. The summed E-state index contributed by atoms with van der Waals surface area (Å²) < 4.78 is 42.4. The second-order valence-electron chi connectivity index (χ2n) is 8.36. The Morgan fingerprint density at radius 1 is 1.27 bits per heavy atom. The summed E-state index contributed by atoms with van der Waals surface area (Å²) in [7, 11) is -2.60. The Labute approximate surface area is 177 Å². The summed E-state index contributed by atoms with van der Waals surface area (Å²) >= 11 is 0. The molecule has 1 aromatic rings. The van der Waals surface area contributed by atoms with Crippen molar-refractivity contribution in [1.82, 2.24) is 4.90 Å². The van der Waals surface area contributed by atoms with Gasteiger partial charge in [0.25, 0.3) is 0 Å². The molecular weight excluding hydrogens is 406 g/mol. The van der Waals surface area contributed by atoms with Crippen LogP contribution in [0.25, 0.3) is 0 Å². The van der Waals surface area contributed by atoms with Crippen molar-refractivity contribution in [1.29, 1.82) is 0 Å². The molecule has 3 heterocycles. The van der Waals surface area contributed by atoms with E-state index >= 15 is 0 Å². The second kappa shape index (κ2) is 7.90. The molecule has 0 aromatic heterocycles. The summed E-state index contributed by atoms with van der Waals surface area (Å²) in [5.74, 6) is 1.90. The summed E-state index contributed by atoms with van der Waals surface area (Å²) in [4.78, 5) is 14.3. The largest absolute Gasteiger partial charge is 0.744 e. The maximum absolute atomic E-state index is 12.3. The highest BCUT2D eigenvalue weighted by Gasteiger charge is 2.64. The molecule has 3 atom stereocenters. The van der Waals surface area contributed by atoms with Crippen LogP contribution in [0.2, 0.25) is 0 Å². The lowest BCUT2D eigenvalue weighted by Gasteiger charge is -2.44. The van der Waals surface area contributed by atoms with Gasteiger partial charge in [0.05, 0.1) is 11.3 Å². The van der Waals surface area contributed by atoms with Crippen molar-refractivity contribution in [2.75, 3.05) is 13.7 Å². The second-order valence-corrected chi connectivity index (χ2v) is 9.74. The van der Waals surface area contributed by atoms with E-state index in [9.17, 15) is 17.8 Å². The van der Waals surface area contributed by atoms with E-state index in [4.69, 9.17) is 9.47 Å². The predicted molar refractivity (Wildman–Crippen MR) is 108 cm³/mol. The first-order chi connectivity index (χ1) is 14.3. The highest BCUT2D eigenvalue weighted by atomic mass is 32.2. The topological polar surface area (TPSA) is 96.0 Å². The molecule has 4 aliphatic rings. The van der Waals surface area contributed by atoms with E-state index in [1.807, 2.05) is 6.92 Å². The first kappa shape index (κ1) is 21.2. The number of nitrogens with zero attached hydrogens (tertiary/aromatic N) is 1. The van der Waals surface area contributed by atoms with Crippen molar-refractivity contribution in [3.8, 4) is 0 Å². The van der Waals surface area contributed by atoms with Gasteiger partial charge in [-0.3, -0.25) is 4.79 Å². The monoisotopic (exact) mass is 433 g/mol. The summed E-state index contributed by atoms with van der Waals surface area (Å²) in [5, 5.41) is 0. The molecular formula is C22H27NO6S. The van der Waals surface area contributed by atoms with Crippen LogP contribution >= 0.6 is 0 Å². The van der Waals surface area contributed by atoms with Crippen molar-refractivity contribution >= 4 is 16.0 Å². The number of hydrogen-bond donors (Lipinski definition) is 0. The van der Waals surface area contributed by atoms with Crippen molar-refractivity contribution in [2.24, 2.45) is 5.92 Å². The minimum Gasteiger partial charge on any atom is -0.744 e. The highest BCUT2D eigenvalue weighted by molar-refractivity contribution is 7.85. The SMILES string of the molecule is CO[C@H]1[CH+]C2=C(CCN3C(=O)C[C@@H]4CCCC[C@@]243)O1.Cc1ccc(S(=O)(=O)[O-])cc1. The summed E-state index contributed by atoms with van der Waals surface area (Å²) in [6, 6.07) is 5.78. The molecule has 0 N–H and O–H groups in total. The fraction of sp³-hybridized carbons (Fsp3) is 0.545. The van der Waals surface area contributed by atoms with Crippen LogP contribution in [0, 0.1) is 19.3 Å². The molecule has 1 aliphatic carbocycles. The van der Waals surface area contributed by atoms with Crippen molar-refractivity contribution in [3.63, 3.8) is 0 Å². The molecule has 0 radical (unpaired) electrons. The average molecular weight is 434 g/mol. The van der Waals surface area contributed by atoms with Gasteiger partial charge in [-0.25, -0.2) is 8.42 Å². The van der Waals surface area contributed by atoms with Gasteiger partial charge in [-0.05, 0) is 37.8 Å². The van der Waals surface area contributed by atoms with Gasteiger partial charge >= 0.3 is 6.29 Å². The van der Waals surface area contributed by atoms with Crippen LogP contribution in [-0.2, 0) is 24.4 Å². The van der Waals surface area contributed by atoms with Gasteiger partial charge in [0, 0.05) is 20.1 Å². The number of benzene rings is 1. The van der Waals surface area contributed by atoms with Crippen LogP contribution in [0.3, 0.4) is 0 Å². The zero-order chi connectivity index (χ0) is 21.5. The maximum atomic E-state index is 12.3. The lowest BCUT2D eigenvalue weighted by atomic mass is 9.67. The van der Waals surface area contributed by atoms with Crippen LogP contribution in [-0.4, -0.2) is 49.3 Å². The molecule has 0 bridgehead atoms. The molecule has 1 saturated heterocycles. The Hall–Kier alpha value is -2.03. The fourth-order valence-electron chi connectivity index (χ4n) is 5.30. The normalized spacial score (nSPS) is 29.8. The minimum absolute atomic E-state index is 0.0593. The minimum atomic E-state index is -4.27. The highest BCUT2D eigenvalue weighted by Crippen LogP contribution is 2.55. The van der Waals surface area contributed by atoms with Gasteiger partial charge in [0.15, 0.2) is 5.57 Å². The molecule has 5 rings (SSSR count). The molecule has 1 saturated carbocycles. The third-order valence-electron chi connectivity index (χ3n) is 6.67. The van der Waals surface area contributed by atoms with E-state index in [0.717, 1.165) is 37.1 Å². The average Bonchev–Trinajstić information content (AvgIpc) is 3.26. The van der Waals surface area contributed by atoms with Gasteiger partial charge in [0.2, 0.25) is 11.7 Å². The Balaban J connectivity index is 0.000000170. The van der Waals surface area contributed by atoms with Gasteiger partial charge < -0.3 is 18.9 Å². The summed E-state index contributed by atoms with van der Waals surface area (Å²) in [6.07, 6.45) is 8.15. The number of amides is 1. The molecule has 30 heavy (non-hydrogen) atoms. The Bertz CT molecular complexity index is 954. The maximum Gasteiger partial charge on any atom is 0.311 e. The number of carbonyl (C=O) groups is 1. The van der Waals surface area contributed by atoms with Crippen molar-refractivity contribution in [3.05, 3.63) is 47.6 Å². The van der Waals surface area contributed by atoms with E-state index in [-0.39, 0.29) is 16.7 Å². The quantitative estimate of drug-likeness (QED) is 0.526. The summed E-state index contributed by atoms with van der Waals surface area (Å²) in [5.41, 5.74) is 2.13. The van der Waals surface area contributed by atoms with E-state index in [2.05, 4.69) is 11.3 Å². The molecule has 3 aliphatic heterocycles. The molecule has 0 unspecified atom stereocenters. The number of hydrogen-bond acceptors (Lipinski definition) is 6. The van der Waals surface area contributed by atoms with Crippen LogP contribution in [0.15, 0.2) is 40.5 Å². The van der Waals surface area contributed by atoms with Crippen molar-refractivity contribution < 1.29 is 27.2 Å². The number of carbonyl (C=O) groups excluding carboxylic acids is 1. The van der Waals surface area contributed by atoms with E-state index in [0.29, 0.717) is 11.8 Å². The van der Waals surface area contributed by atoms with Crippen LogP contribution in [0.4, 0.5) is 0 Å². The molecule has 1 spiro atoms. The molecule has 8 heteroatoms. The molecule has 7 nitrogen and oxygen atoms in total. The number of aryl methyl sites for hydroxylation is 1. The Kier molecular flexibility index (Phi) is 5.59. The van der Waals surface area contributed by atoms with Gasteiger partial charge in [-0.15, -0.1) is 0 Å². The number of ether oxygens (including phenoxy) is 2. The van der Waals surface area contributed by atoms with Gasteiger partial charge in [-0.2, -0.15) is 0 Å². The number of rotatable bonds is 2. The zero-order valence-electron chi connectivity index (χ0n) is 17.3. The van der Waals surface area contributed by atoms with E-state index < -0.39 is 10.1 Å². The lowest BCUT2D eigenvalue weighted by Crippen LogP contribution is -2.54. The molecule has 2 fully saturated rings. The van der Waals surface area contributed by atoms with E-state index in [1.165, 1.54) is 37.0 Å². The Morgan fingerprint density at radius 2 is 2.00 bits per heavy atom. The van der Waals surface area contributed by atoms with Crippen LogP contribution in [0.1, 0.15) is 44.1 Å². The molecule has 1 amide bonds. The molecule has 162 valence electrons. The van der Waals surface area contributed by atoms with Crippen LogP contribution in [0.5, 0.6) is 0 Å². The molecule has 1 aromatic carbocycles. The standard InChI is InChI=1S/C15H20NO3.C7H8O3S/c1-18-14-9-11-12(19-14)5-7-16-13(17)8-10-4-2-3-6-15(10,11)16;1-6-2-4-7(5-3-6)11(8,9)10/h9-10,14H,2-8H2,1H3;2-5H,1H3,(H,8,9,10)/q+1;/p-1/t10-,14+,15-;/m0./s1. The third-order valence-corrected chi connectivity index (χ3v) is 7.52. The van der Waals surface area contributed by atoms with Gasteiger partial charge in [0.1, 0.15) is 22.1 Å². The number of methoxy groups -OCH3 is 1. The first-order valence-electron chi connectivity index (χ1n) is 10.4. The van der Waals surface area contributed by atoms with Crippen molar-refractivity contribution in [2.45, 2.75) is 62.2 Å². The Morgan fingerprint density at radius 3 is 2.67 bits per heavy atom. The van der Waals surface area contributed by atoms with Crippen LogP contribution < -0.4 is 0 Å². The fourth-order valence-corrected chi connectivity index (χ4v) is 5.77. The zero-order valence-corrected chi connectivity index (χ0v) is 18.1. The summed E-state index contributed by atoms with van der Waals surface area (Å²) in [6.45, 7) is 2.64.